The number of carbonyl (C=O) groups excluding carboxylic acids is 1. The van der Waals surface area contributed by atoms with Crippen LogP contribution >= 0.6 is 0 Å². The third kappa shape index (κ3) is 3.14. The molecule has 0 aliphatic carbocycles. The smallest absolute Gasteiger partial charge is 0.198 e. The second kappa shape index (κ2) is 5.43. The quantitative estimate of drug-likeness (QED) is 0.760. The Morgan fingerprint density at radius 1 is 1.26 bits per heavy atom. The molecule has 0 N–H and O–H groups in total. The van der Waals surface area contributed by atoms with Gasteiger partial charge in [0, 0.05) is 0 Å². The second-order valence-electron chi connectivity index (χ2n) is 5.28. The van der Waals surface area contributed by atoms with E-state index < -0.39 is 5.60 Å². The molecule has 19 heavy (non-hydrogen) atoms. The summed E-state index contributed by atoms with van der Waals surface area (Å²) in [5.41, 5.74) is 1.55. The van der Waals surface area contributed by atoms with Crippen LogP contribution in [-0.2, 0) is 9.53 Å². The van der Waals surface area contributed by atoms with Gasteiger partial charge in [0.25, 0.3) is 0 Å². The lowest BCUT2D eigenvalue weighted by atomic mass is 9.89. The number of ether oxygens (including phenoxy) is 1. The third-order valence-electron chi connectivity index (χ3n) is 3.70. The van der Waals surface area contributed by atoms with Gasteiger partial charge < -0.3 is 4.74 Å². The van der Waals surface area contributed by atoms with Crippen LogP contribution in [0.4, 0.5) is 0 Å². The van der Waals surface area contributed by atoms with Crippen molar-refractivity contribution in [2.75, 3.05) is 0 Å². The van der Waals surface area contributed by atoms with Crippen LogP contribution in [-0.4, -0.2) is 11.4 Å². The topological polar surface area (TPSA) is 26.3 Å². The van der Waals surface area contributed by atoms with Gasteiger partial charge >= 0.3 is 0 Å². The van der Waals surface area contributed by atoms with Crippen molar-refractivity contribution in [3.8, 4) is 0 Å². The van der Waals surface area contributed by atoms with Gasteiger partial charge in [-0.1, -0.05) is 36.4 Å². The van der Waals surface area contributed by atoms with Gasteiger partial charge in [-0.2, -0.15) is 0 Å². The van der Waals surface area contributed by atoms with E-state index in [0.717, 1.165) is 24.2 Å². The van der Waals surface area contributed by atoms with E-state index >= 15 is 0 Å². The predicted molar refractivity (Wildman–Crippen MR) is 77.6 cm³/mol. The minimum Gasteiger partial charge on any atom is -0.484 e. The van der Waals surface area contributed by atoms with Crippen molar-refractivity contribution < 1.29 is 9.53 Å². The zero-order chi connectivity index (χ0) is 13.9. The van der Waals surface area contributed by atoms with E-state index in [2.05, 4.69) is 6.92 Å². The third-order valence-corrected chi connectivity index (χ3v) is 3.70. The molecule has 0 amide bonds. The summed E-state index contributed by atoms with van der Waals surface area (Å²) >= 11 is 0. The lowest BCUT2D eigenvalue weighted by molar-refractivity contribution is -0.134. The molecule has 100 valence electrons. The first-order valence-electron chi connectivity index (χ1n) is 6.64. The van der Waals surface area contributed by atoms with E-state index in [1.165, 1.54) is 5.57 Å². The zero-order valence-electron chi connectivity index (χ0n) is 11.8. The molecule has 1 aromatic rings. The number of hydrogen-bond donors (Lipinski definition) is 0. The molecular formula is C17H20O2. The predicted octanol–water partition coefficient (Wildman–Crippen LogP) is 4.13. The fourth-order valence-corrected chi connectivity index (χ4v) is 2.16. The molecule has 1 aliphatic rings. The highest BCUT2D eigenvalue weighted by Gasteiger charge is 2.36. The summed E-state index contributed by atoms with van der Waals surface area (Å²) in [6.45, 7) is 5.86. The van der Waals surface area contributed by atoms with Crippen LogP contribution in [0.2, 0.25) is 0 Å². The maximum Gasteiger partial charge on any atom is 0.198 e. The highest BCUT2D eigenvalue weighted by molar-refractivity contribution is 6.00. The van der Waals surface area contributed by atoms with E-state index in [0.29, 0.717) is 0 Å². The molecule has 0 fully saturated rings. The van der Waals surface area contributed by atoms with Crippen molar-refractivity contribution in [2.24, 2.45) is 0 Å². The Bertz CT molecular complexity index is 525. The summed E-state index contributed by atoms with van der Waals surface area (Å²) in [5, 5.41) is 0. The molecule has 1 aromatic carbocycles. The van der Waals surface area contributed by atoms with Crippen molar-refractivity contribution in [1.29, 1.82) is 0 Å². The van der Waals surface area contributed by atoms with E-state index in [1.54, 1.807) is 6.08 Å². The SMILES string of the molecule is CC1=C(C)O[C@](C)(C(=O)C=Cc2ccccc2)CC1. The number of ketones is 1. The van der Waals surface area contributed by atoms with E-state index in [9.17, 15) is 4.79 Å². The van der Waals surface area contributed by atoms with Gasteiger partial charge in [-0.05, 0) is 50.8 Å². The normalized spacial score (nSPS) is 23.5. The van der Waals surface area contributed by atoms with Gasteiger partial charge in [-0.25, -0.2) is 0 Å². The monoisotopic (exact) mass is 256 g/mol. The fraction of sp³-hybridized carbons (Fsp3) is 0.353. The Balaban J connectivity index is 2.10. The summed E-state index contributed by atoms with van der Waals surface area (Å²) in [5.74, 6) is 0.915. The fourth-order valence-electron chi connectivity index (χ4n) is 2.16. The molecule has 1 heterocycles. The Morgan fingerprint density at radius 3 is 2.58 bits per heavy atom. The number of hydrogen-bond acceptors (Lipinski definition) is 2. The molecule has 2 rings (SSSR count). The molecule has 2 nitrogen and oxygen atoms in total. The van der Waals surface area contributed by atoms with Gasteiger partial charge in [0.15, 0.2) is 11.4 Å². The van der Waals surface area contributed by atoms with Gasteiger partial charge in [0.1, 0.15) is 0 Å². The summed E-state index contributed by atoms with van der Waals surface area (Å²) < 4.78 is 5.82. The molecule has 0 bridgehead atoms. The Morgan fingerprint density at radius 2 is 1.95 bits per heavy atom. The van der Waals surface area contributed by atoms with Crippen molar-refractivity contribution in [3.05, 3.63) is 53.3 Å². The van der Waals surface area contributed by atoms with Crippen LogP contribution in [0.25, 0.3) is 6.08 Å². The molecule has 0 radical (unpaired) electrons. The maximum atomic E-state index is 12.3. The van der Waals surface area contributed by atoms with Crippen LogP contribution < -0.4 is 0 Å². The minimum absolute atomic E-state index is 0.0307. The highest BCUT2D eigenvalue weighted by Crippen LogP contribution is 2.32. The summed E-state index contributed by atoms with van der Waals surface area (Å²) in [7, 11) is 0. The minimum atomic E-state index is -0.713. The van der Waals surface area contributed by atoms with E-state index in [4.69, 9.17) is 4.74 Å². The van der Waals surface area contributed by atoms with Crippen molar-refractivity contribution in [3.63, 3.8) is 0 Å². The highest BCUT2D eigenvalue weighted by atomic mass is 16.5. The van der Waals surface area contributed by atoms with Gasteiger partial charge in [0.05, 0.1) is 5.76 Å². The maximum absolute atomic E-state index is 12.3. The van der Waals surface area contributed by atoms with E-state index in [-0.39, 0.29) is 5.78 Å². The lowest BCUT2D eigenvalue weighted by Crippen LogP contribution is -2.39. The van der Waals surface area contributed by atoms with Crippen LogP contribution in [0, 0.1) is 0 Å². The Labute approximate surface area is 114 Å². The number of carbonyl (C=O) groups is 1. The molecule has 0 aromatic heterocycles. The molecule has 1 atom stereocenters. The van der Waals surface area contributed by atoms with Crippen molar-refractivity contribution >= 4 is 11.9 Å². The van der Waals surface area contributed by atoms with Crippen LogP contribution in [0.5, 0.6) is 0 Å². The molecule has 2 heteroatoms. The second-order valence-corrected chi connectivity index (χ2v) is 5.28. The van der Waals surface area contributed by atoms with Crippen LogP contribution in [0.15, 0.2) is 47.7 Å². The Hall–Kier alpha value is -1.83. The molecule has 0 saturated heterocycles. The Kier molecular flexibility index (Phi) is 3.89. The molecule has 0 unspecified atom stereocenters. The summed E-state index contributed by atoms with van der Waals surface area (Å²) in [4.78, 5) is 12.3. The first-order chi connectivity index (χ1) is 9.01. The van der Waals surface area contributed by atoms with Gasteiger partial charge in [-0.3, -0.25) is 4.79 Å². The van der Waals surface area contributed by atoms with Crippen molar-refractivity contribution in [2.45, 2.75) is 39.2 Å². The van der Waals surface area contributed by atoms with Gasteiger partial charge in [-0.15, -0.1) is 0 Å². The van der Waals surface area contributed by atoms with E-state index in [1.807, 2.05) is 50.3 Å². The number of rotatable bonds is 3. The first-order valence-corrected chi connectivity index (χ1v) is 6.64. The molecular weight excluding hydrogens is 236 g/mol. The first kappa shape index (κ1) is 13.6. The summed E-state index contributed by atoms with van der Waals surface area (Å²) in [6, 6.07) is 9.83. The van der Waals surface area contributed by atoms with Gasteiger partial charge in [0.2, 0.25) is 0 Å². The molecule has 0 saturated carbocycles. The molecule has 0 spiro atoms. The number of benzene rings is 1. The lowest BCUT2D eigenvalue weighted by Gasteiger charge is -2.33. The van der Waals surface area contributed by atoms with Crippen LogP contribution in [0.1, 0.15) is 39.2 Å². The average molecular weight is 256 g/mol. The van der Waals surface area contributed by atoms with Crippen LogP contribution in [0.3, 0.4) is 0 Å². The zero-order valence-corrected chi connectivity index (χ0v) is 11.8. The average Bonchev–Trinajstić information content (AvgIpc) is 2.42. The molecule has 1 aliphatic heterocycles. The largest absolute Gasteiger partial charge is 0.484 e. The number of allylic oxidation sites excluding steroid dienone is 2. The summed E-state index contributed by atoms with van der Waals surface area (Å²) in [6.07, 6.45) is 5.14. The van der Waals surface area contributed by atoms with Crippen molar-refractivity contribution in [1.82, 2.24) is 0 Å². The standard InChI is InChI=1S/C17H20O2/c1-13-11-12-17(3,19-14(13)2)16(18)10-9-15-7-5-4-6-8-15/h4-10H,11-12H2,1-3H3/t17-/m0/s1.